The van der Waals surface area contributed by atoms with Gasteiger partial charge in [0.2, 0.25) is 0 Å². The van der Waals surface area contributed by atoms with Crippen LogP contribution in [0.25, 0.3) is 6.08 Å². The van der Waals surface area contributed by atoms with Crippen molar-refractivity contribution >= 4 is 57.8 Å². The molecule has 1 heterocycles. The van der Waals surface area contributed by atoms with Crippen LogP contribution in [0.1, 0.15) is 26.3 Å². The number of thiocarbonyl (C=S) groups is 1. The molecular formula is C19H13N2O4S2-. The number of rotatable bonds is 4. The van der Waals surface area contributed by atoms with Gasteiger partial charge in [-0.05, 0) is 41.5 Å². The first-order valence-corrected chi connectivity index (χ1v) is 9.02. The number of nitrogens with one attached hydrogen (secondary N) is 1. The average molecular weight is 397 g/mol. The van der Waals surface area contributed by atoms with Crippen molar-refractivity contribution in [2.45, 2.75) is 0 Å². The number of anilines is 1. The molecule has 0 aromatic heterocycles. The van der Waals surface area contributed by atoms with Crippen molar-refractivity contribution in [1.29, 1.82) is 0 Å². The van der Waals surface area contributed by atoms with Crippen molar-refractivity contribution in [1.82, 2.24) is 4.90 Å². The fourth-order valence-electron chi connectivity index (χ4n) is 2.35. The van der Waals surface area contributed by atoms with Gasteiger partial charge in [-0.15, -0.1) is 0 Å². The molecule has 2 amide bonds. The average Bonchev–Trinajstić information content (AvgIpc) is 2.89. The highest BCUT2D eigenvalue weighted by Gasteiger charge is 2.28. The molecule has 0 radical (unpaired) electrons. The summed E-state index contributed by atoms with van der Waals surface area (Å²) in [5.41, 5.74) is 1.50. The topological polar surface area (TPSA) is 89.5 Å². The first kappa shape index (κ1) is 18.8. The lowest BCUT2D eigenvalue weighted by molar-refractivity contribution is -0.255. The monoisotopic (exact) mass is 397 g/mol. The van der Waals surface area contributed by atoms with E-state index in [4.69, 9.17) is 12.2 Å². The number of carboxylic acid groups (broad SMARTS) is 1. The number of carboxylic acids is 1. The highest BCUT2D eigenvalue weighted by atomic mass is 32.2. The summed E-state index contributed by atoms with van der Waals surface area (Å²) in [5.74, 6) is -1.84. The van der Waals surface area contributed by atoms with Crippen LogP contribution in [-0.2, 0) is 4.79 Å². The van der Waals surface area contributed by atoms with Crippen LogP contribution in [0.3, 0.4) is 0 Å². The molecule has 0 atom stereocenters. The zero-order chi connectivity index (χ0) is 19.6. The smallest absolute Gasteiger partial charge is 0.265 e. The standard InChI is InChI=1S/C19H14N2O4S2/c1-21-17(23)15(27-19(21)26)9-11-5-7-12(8-6-11)16(22)20-14-4-2-3-13(10-14)18(24)25/h2-10H,1H3,(H,20,22)(H,24,25)/p-1/b15-9+. The predicted octanol–water partition coefficient (Wildman–Crippen LogP) is 2.13. The predicted molar refractivity (Wildman–Crippen MR) is 106 cm³/mol. The van der Waals surface area contributed by atoms with Crippen molar-refractivity contribution < 1.29 is 19.5 Å². The minimum absolute atomic E-state index is 0.0172. The molecule has 1 aliphatic heterocycles. The lowest BCUT2D eigenvalue weighted by Gasteiger charge is -2.08. The van der Waals surface area contributed by atoms with Gasteiger partial charge in [0.25, 0.3) is 11.8 Å². The molecule has 0 spiro atoms. The zero-order valence-corrected chi connectivity index (χ0v) is 15.7. The molecule has 0 unspecified atom stereocenters. The van der Waals surface area contributed by atoms with E-state index >= 15 is 0 Å². The quantitative estimate of drug-likeness (QED) is 0.628. The molecular weight excluding hydrogens is 384 g/mol. The van der Waals surface area contributed by atoms with Gasteiger partial charge in [0.1, 0.15) is 4.32 Å². The van der Waals surface area contributed by atoms with Crippen LogP contribution >= 0.6 is 24.0 Å². The summed E-state index contributed by atoms with van der Waals surface area (Å²) >= 11 is 6.32. The van der Waals surface area contributed by atoms with Crippen LogP contribution in [0.5, 0.6) is 0 Å². The second-order valence-electron chi connectivity index (χ2n) is 5.69. The van der Waals surface area contributed by atoms with E-state index in [1.807, 2.05) is 0 Å². The van der Waals surface area contributed by atoms with Crippen LogP contribution in [-0.4, -0.2) is 34.1 Å². The number of carbonyl (C=O) groups excluding carboxylic acids is 3. The van der Waals surface area contributed by atoms with E-state index in [1.54, 1.807) is 43.5 Å². The SMILES string of the molecule is CN1C(=O)/C(=C\c2ccc(C(=O)Nc3cccc(C(=O)[O-])c3)cc2)SC1=S. The minimum Gasteiger partial charge on any atom is -0.545 e. The highest BCUT2D eigenvalue weighted by molar-refractivity contribution is 8.26. The molecule has 1 N–H and O–H groups in total. The third-order valence-corrected chi connectivity index (χ3v) is 5.30. The summed E-state index contributed by atoms with van der Waals surface area (Å²) < 4.78 is 0.501. The second-order valence-corrected chi connectivity index (χ2v) is 7.36. The minimum atomic E-state index is -1.31. The Labute approximate surface area is 164 Å². The molecule has 2 aromatic carbocycles. The molecule has 8 heteroatoms. The Morgan fingerprint density at radius 1 is 1.15 bits per heavy atom. The third-order valence-electron chi connectivity index (χ3n) is 3.81. The van der Waals surface area contributed by atoms with E-state index in [0.717, 1.165) is 5.56 Å². The fraction of sp³-hybridized carbons (Fsp3) is 0.0526. The van der Waals surface area contributed by atoms with Gasteiger partial charge in [0.05, 0.1) is 10.9 Å². The molecule has 6 nitrogen and oxygen atoms in total. The molecule has 27 heavy (non-hydrogen) atoms. The molecule has 1 aliphatic rings. The number of carbonyl (C=O) groups is 3. The summed E-state index contributed by atoms with van der Waals surface area (Å²) in [6.45, 7) is 0. The van der Waals surface area contributed by atoms with Crippen molar-refractivity contribution in [3.8, 4) is 0 Å². The molecule has 1 fully saturated rings. The molecule has 1 saturated heterocycles. The summed E-state index contributed by atoms with van der Waals surface area (Å²) in [5, 5.41) is 13.5. The van der Waals surface area contributed by atoms with Crippen molar-refractivity contribution in [3.63, 3.8) is 0 Å². The second kappa shape index (κ2) is 7.73. The van der Waals surface area contributed by atoms with Crippen LogP contribution in [0.4, 0.5) is 5.69 Å². The Morgan fingerprint density at radius 2 is 1.85 bits per heavy atom. The lowest BCUT2D eigenvalue weighted by atomic mass is 10.1. The molecule has 136 valence electrons. The molecule has 0 saturated carbocycles. The summed E-state index contributed by atoms with van der Waals surface area (Å²) in [7, 11) is 1.63. The van der Waals surface area contributed by atoms with E-state index in [0.29, 0.717) is 20.5 Å². The number of likely N-dealkylation sites (N-methyl/N-ethyl adjacent to an activating group) is 1. The van der Waals surface area contributed by atoms with E-state index < -0.39 is 5.97 Å². The molecule has 0 bridgehead atoms. The molecule has 3 rings (SSSR count). The van der Waals surface area contributed by atoms with Gasteiger partial charge in [-0.1, -0.05) is 48.2 Å². The summed E-state index contributed by atoms with van der Waals surface area (Å²) in [4.78, 5) is 37.2. The lowest BCUT2D eigenvalue weighted by Crippen LogP contribution is -2.22. The van der Waals surface area contributed by atoms with Crippen molar-refractivity contribution in [2.75, 3.05) is 12.4 Å². The molecule has 0 aliphatic carbocycles. The maximum absolute atomic E-state index is 12.3. The van der Waals surface area contributed by atoms with Gasteiger partial charge in [-0.3, -0.25) is 14.5 Å². The number of aromatic carboxylic acids is 1. The Bertz CT molecular complexity index is 983. The van der Waals surface area contributed by atoms with Crippen LogP contribution < -0.4 is 10.4 Å². The van der Waals surface area contributed by atoms with E-state index in [2.05, 4.69) is 5.32 Å². The van der Waals surface area contributed by atoms with E-state index in [9.17, 15) is 19.5 Å². The molecule has 2 aromatic rings. The van der Waals surface area contributed by atoms with Crippen molar-refractivity contribution in [2.24, 2.45) is 0 Å². The Morgan fingerprint density at radius 3 is 2.44 bits per heavy atom. The third kappa shape index (κ3) is 4.24. The first-order valence-electron chi connectivity index (χ1n) is 7.79. The maximum atomic E-state index is 12.3. The maximum Gasteiger partial charge on any atom is 0.265 e. The Hall–Kier alpha value is -2.97. The van der Waals surface area contributed by atoms with Crippen LogP contribution in [0.2, 0.25) is 0 Å². The number of nitrogens with zero attached hydrogens (tertiary/aromatic N) is 1. The number of thioether (sulfide) groups is 1. The largest absolute Gasteiger partial charge is 0.545 e. The normalized spacial score (nSPS) is 15.3. The van der Waals surface area contributed by atoms with Gasteiger partial charge in [0, 0.05) is 18.3 Å². The van der Waals surface area contributed by atoms with Gasteiger partial charge in [0.15, 0.2) is 0 Å². The number of amides is 2. The zero-order valence-electron chi connectivity index (χ0n) is 14.1. The first-order chi connectivity index (χ1) is 12.8. The number of benzene rings is 2. The van der Waals surface area contributed by atoms with E-state index in [-0.39, 0.29) is 17.4 Å². The highest BCUT2D eigenvalue weighted by Crippen LogP contribution is 2.31. The number of hydrogen-bond acceptors (Lipinski definition) is 6. The van der Waals surface area contributed by atoms with Crippen LogP contribution in [0.15, 0.2) is 53.4 Å². The van der Waals surface area contributed by atoms with Gasteiger partial charge >= 0.3 is 0 Å². The summed E-state index contributed by atoms with van der Waals surface area (Å²) in [6.07, 6.45) is 1.72. The number of hydrogen-bond donors (Lipinski definition) is 1. The van der Waals surface area contributed by atoms with Gasteiger partial charge in [-0.2, -0.15) is 0 Å². The Kier molecular flexibility index (Phi) is 5.38. The van der Waals surface area contributed by atoms with Crippen molar-refractivity contribution in [3.05, 3.63) is 70.1 Å². The van der Waals surface area contributed by atoms with E-state index in [1.165, 1.54) is 34.9 Å². The van der Waals surface area contributed by atoms with Crippen LogP contribution in [0, 0.1) is 0 Å². The van der Waals surface area contributed by atoms with Gasteiger partial charge in [-0.25, -0.2) is 0 Å². The Balaban J connectivity index is 1.73. The van der Waals surface area contributed by atoms with Gasteiger partial charge < -0.3 is 15.2 Å². The summed E-state index contributed by atoms with van der Waals surface area (Å²) in [6, 6.07) is 12.5. The fourth-order valence-corrected chi connectivity index (χ4v) is 3.53.